The van der Waals surface area contributed by atoms with Gasteiger partial charge in [-0.2, -0.15) is 8.78 Å². The minimum Gasteiger partial charge on any atom is -0.468 e. The second kappa shape index (κ2) is 6.31. The number of piperidine rings is 1. The summed E-state index contributed by atoms with van der Waals surface area (Å²) in [6.07, 6.45) is 2.28. The Bertz CT molecular complexity index is 450. The number of hydrogen-bond donors (Lipinski definition) is 0. The van der Waals surface area contributed by atoms with Crippen molar-refractivity contribution in [1.82, 2.24) is 4.90 Å². The second-order valence-electron chi connectivity index (χ2n) is 5.08. The van der Waals surface area contributed by atoms with Crippen LogP contribution in [0.5, 0.6) is 0 Å². The molecule has 1 atom stereocenters. The van der Waals surface area contributed by atoms with E-state index in [-0.39, 0.29) is 5.56 Å². The predicted octanol–water partition coefficient (Wildman–Crippen LogP) is 2.81. The quantitative estimate of drug-likeness (QED) is 0.796. The Morgan fingerprint density at radius 2 is 2.05 bits per heavy atom. The number of nitrogens with zero attached hydrogens (tertiary/aromatic N) is 1. The van der Waals surface area contributed by atoms with Gasteiger partial charge in [-0.1, -0.05) is 36.8 Å². The van der Waals surface area contributed by atoms with Crippen LogP contribution < -0.4 is 0 Å². The molecule has 1 saturated heterocycles. The van der Waals surface area contributed by atoms with Crippen LogP contribution in [0.25, 0.3) is 0 Å². The highest BCUT2D eigenvalue weighted by atomic mass is 19.3. The van der Waals surface area contributed by atoms with Crippen molar-refractivity contribution in [3.63, 3.8) is 0 Å². The molecule has 1 unspecified atom stereocenters. The van der Waals surface area contributed by atoms with E-state index >= 15 is 0 Å². The number of hydrogen-bond acceptors (Lipinski definition) is 3. The Labute approximate surface area is 117 Å². The Morgan fingerprint density at radius 3 is 2.70 bits per heavy atom. The van der Waals surface area contributed by atoms with Crippen LogP contribution in [0.3, 0.4) is 0 Å². The molecule has 3 nitrogen and oxygen atoms in total. The fourth-order valence-electron chi connectivity index (χ4n) is 2.61. The molecule has 1 aliphatic rings. The van der Waals surface area contributed by atoms with E-state index < -0.39 is 24.5 Å². The van der Waals surface area contributed by atoms with Crippen LogP contribution in [0.4, 0.5) is 8.78 Å². The van der Waals surface area contributed by atoms with Gasteiger partial charge >= 0.3 is 5.97 Å². The monoisotopic (exact) mass is 283 g/mol. The van der Waals surface area contributed by atoms with Crippen LogP contribution >= 0.6 is 0 Å². The number of alkyl halides is 2. The topological polar surface area (TPSA) is 29.5 Å². The Balaban J connectivity index is 2.12. The zero-order valence-corrected chi connectivity index (χ0v) is 11.5. The van der Waals surface area contributed by atoms with E-state index in [0.29, 0.717) is 13.0 Å². The molecule has 0 N–H and O–H groups in total. The summed E-state index contributed by atoms with van der Waals surface area (Å²) in [7, 11) is 1.30. The molecule has 1 aromatic carbocycles. The van der Waals surface area contributed by atoms with Crippen LogP contribution in [0.15, 0.2) is 30.3 Å². The van der Waals surface area contributed by atoms with E-state index in [0.717, 1.165) is 12.8 Å². The molecular formula is C15H19F2NO2. The van der Waals surface area contributed by atoms with Crippen molar-refractivity contribution in [1.29, 1.82) is 0 Å². The Kier molecular flexibility index (Phi) is 4.70. The summed E-state index contributed by atoms with van der Waals surface area (Å²) in [5.41, 5.74) is -0.0193. The Morgan fingerprint density at radius 1 is 1.35 bits per heavy atom. The first kappa shape index (κ1) is 14.9. The van der Waals surface area contributed by atoms with E-state index in [9.17, 15) is 13.6 Å². The van der Waals surface area contributed by atoms with Gasteiger partial charge in [0.05, 0.1) is 13.7 Å². The summed E-state index contributed by atoms with van der Waals surface area (Å²) < 4.78 is 33.3. The van der Waals surface area contributed by atoms with Crippen LogP contribution in [0.2, 0.25) is 0 Å². The van der Waals surface area contributed by atoms with E-state index in [4.69, 9.17) is 4.74 Å². The largest absolute Gasteiger partial charge is 0.468 e. The van der Waals surface area contributed by atoms with Gasteiger partial charge < -0.3 is 4.74 Å². The summed E-state index contributed by atoms with van der Waals surface area (Å²) >= 11 is 0. The van der Waals surface area contributed by atoms with E-state index in [1.165, 1.54) is 19.2 Å². The lowest BCUT2D eigenvalue weighted by Crippen LogP contribution is -2.49. The molecular weight excluding hydrogens is 264 g/mol. The van der Waals surface area contributed by atoms with Gasteiger partial charge in [-0.3, -0.25) is 9.69 Å². The summed E-state index contributed by atoms with van der Waals surface area (Å²) in [4.78, 5) is 13.2. The third-order valence-electron chi connectivity index (χ3n) is 3.68. The molecule has 1 fully saturated rings. The van der Waals surface area contributed by atoms with Crippen molar-refractivity contribution >= 4 is 5.97 Å². The molecule has 0 saturated carbocycles. The van der Waals surface area contributed by atoms with Crippen LogP contribution in [-0.4, -0.2) is 37.1 Å². The van der Waals surface area contributed by atoms with Gasteiger partial charge in [0.25, 0.3) is 5.92 Å². The van der Waals surface area contributed by atoms with Gasteiger partial charge in [-0.15, -0.1) is 0 Å². The highest BCUT2D eigenvalue weighted by Gasteiger charge is 2.39. The zero-order valence-electron chi connectivity index (χ0n) is 11.5. The molecule has 110 valence electrons. The SMILES string of the molecule is COC(=O)C1CCCCN1CC(F)(F)c1ccccc1. The molecule has 0 radical (unpaired) electrons. The lowest BCUT2D eigenvalue weighted by molar-refractivity contribution is -0.151. The fraction of sp³-hybridized carbons (Fsp3) is 0.533. The maximum atomic E-state index is 14.3. The first-order valence-electron chi connectivity index (χ1n) is 6.80. The van der Waals surface area contributed by atoms with Crippen molar-refractivity contribution in [3.8, 4) is 0 Å². The van der Waals surface area contributed by atoms with Crippen molar-refractivity contribution in [3.05, 3.63) is 35.9 Å². The van der Waals surface area contributed by atoms with Crippen molar-refractivity contribution in [2.75, 3.05) is 20.2 Å². The number of rotatable bonds is 4. The van der Waals surface area contributed by atoms with E-state index in [1.54, 1.807) is 23.1 Å². The minimum atomic E-state index is -2.97. The fourth-order valence-corrected chi connectivity index (χ4v) is 2.61. The van der Waals surface area contributed by atoms with E-state index in [1.807, 2.05) is 0 Å². The summed E-state index contributed by atoms with van der Waals surface area (Å²) in [6.45, 7) is 0.0545. The zero-order chi connectivity index (χ0) is 14.6. The third kappa shape index (κ3) is 3.33. The van der Waals surface area contributed by atoms with Crippen LogP contribution in [0.1, 0.15) is 24.8 Å². The average Bonchev–Trinajstić information content (AvgIpc) is 2.47. The molecule has 2 rings (SSSR count). The maximum absolute atomic E-state index is 14.3. The number of halogens is 2. The van der Waals surface area contributed by atoms with Crippen molar-refractivity contribution < 1.29 is 18.3 Å². The molecule has 0 bridgehead atoms. The molecule has 1 aliphatic heterocycles. The van der Waals surface area contributed by atoms with Gasteiger partial charge in [-0.25, -0.2) is 0 Å². The van der Waals surface area contributed by atoms with Gasteiger partial charge in [0, 0.05) is 5.56 Å². The number of likely N-dealkylation sites (tertiary alicyclic amines) is 1. The number of ether oxygens (including phenoxy) is 1. The summed E-state index contributed by atoms with van der Waals surface area (Å²) in [5, 5.41) is 0. The number of carbonyl (C=O) groups is 1. The Hall–Kier alpha value is -1.49. The average molecular weight is 283 g/mol. The van der Waals surface area contributed by atoms with Crippen LogP contribution in [0, 0.1) is 0 Å². The highest BCUT2D eigenvalue weighted by molar-refractivity contribution is 5.75. The molecule has 20 heavy (non-hydrogen) atoms. The van der Waals surface area contributed by atoms with Crippen molar-refractivity contribution in [2.24, 2.45) is 0 Å². The first-order valence-corrected chi connectivity index (χ1v) is 6.80. The number of esters is 1. The molecule has 1 heterocycles. The summed E-state index contributed by atoms with van der Waals surface area (Å²) in [6, 6.07) is 7.17. The molecule has 0 spiro atoms. The minimum absolute atomic E-state index is 0.0193. The molecule has 1 aromatic rings. The lowest BCUT2D eigenvalue weighted by atomic mass is 10.00. The molecule has 5 heteroatoms. The van der Waals surface area contributed by atoms with Gasteiger partial charge in [0.15, 0.2) is 0 Å². The van der Waals surface area contributed by atoms with Crippen molar-refractivity contribution in [2.45, 2.75) is 31.2 Å². The van der Waals surface area contributed by atoms with E-state index in [2.05, 4.69) is 0 Å². The van der Waals surface area contributed by atoms with Gasteiger partial charge in [0.1, 0.15) is 6.04 Å². The standard InChI is InChI=1S/C15H19F2NO2/c1-20-14(19)13-9-5-6-10-18(13)11-15(16,17)12-7-3-2-4-8-12/h2-4,7-8,13H,5-6,9-11H2,1H3. The first-order chi connectivity index (χ1) is 9.54. The smallest absolute Gasteiger partial charge is 0.323 e. The number of benzene rings is 1. The molecule has 0 amide bonds. The second-order valence-corrected chi connectivity index (χ2v) is 5.08. The molecule has 0 aromatic heterocycles. The predicted molar refractivity (Wildman–Crippen MR) is 71.6 cm³/mol. The number of carbonyl (C=O) groups excluding carboxylic acids is 1. The maximum Gasteiger partial charge on any atom is 0.323 e. The number of methoxy groups -OCH3 is 1. The lowest BCUT2D eigenvalue weighted by Gasteiger charge is -2.35. The van der Waals surface area contributed by atoms with Crippen LogP contribution in [-0.2, 0) is 15.5 Å². The normalized spacial score (nSPS) is 20.6. The third-order valence-corrected chi connectivity index (χ3v) is 3.68. The molecule has 0 aliphatic carbocycles. The van der Waals surface area contributed by atoms with Gasteiger partial charge in [0.2, 0.25) is 0 Å². The van der Waals surface area contributed by atoms with Gasteiger partial charge in [-0.05, 0) is 19.4 Å². The summed E-state index contributed by atoms with van der Waals surface area (Å²) in [5.74, 6) is -3.39. The highest BCUT2D eigenvalue weighted by Crippen LogP contribution is 2.31.